The lowest BCUT2D eigenvalue weighted by Gasteiger charge is -2.37. The minimum atomic E-state index is -1.02. The molecule has 10 heteroatoms. The van der Waals surface area contributed by atoms with Crippen LogP contribution in [0.2, 0.25) is 0 Å². The number of hydrogen-bond acceptors (Lipinski definition) is 7. The molecule has 28 heavy (non-hydrogen) atoms. The van der Waals surface area contributed by atoms with Gasteiger partial charge in [-0.05, 0) is 25.7 Å². The van der Waals surface area contributed by atoms with E-state index in [0.717, 1.165) is 0 Å². The second-order valence-corrected chi connectivity index (χ2v) is 6.73. The Balaban J connectivity index is 1.89. The van der Waals surface area contributed by atoms with Gasteiger partial charge in [-0.1, -0.05) is 0 Å². The van der Waals surface area contributed by atoms with Gasteiger partial charge in [-0.15, -0.1) is 0 Å². The smallest absolute Gasteiger partial charge is 0.224 e. The first kappa shape index (κ1) is 20.0. The van der Waals surface area contributed by atoms with Crippen LogP contribution < -0.4 is 21.3 Å². The molecule has 0 atom stereocenters. The van der Waals surface area contributed by atoms with E-state index in [9.17, 15) is 18.3 Å². The number of aliphatic hydroxyl groups is 1. The molecule has 0 radical (unpaired) electrons. The predicted octanol–water partition coefficient (Wildman–Crippen LogP) is 2.70. The quantitative estimate of drug-likeness (QED) is 0.557. The molecule has 1 aromatic heterocycles. The van der Waals surface area contributed by atoms with Crippen molar-refractivity contribution in [1.82, 2.24) is 9.97 Å². The molecule has 1 heterocycles. The first-order valence-corrected chi connectivity index (χ1v) is 9.02. The Labute approximate surface area is 160 Å². The van der Waals surface area contributed by atoms with Crippen molar-refractivity contribution >= 4 is 23.1 Å². The van der Waals surface area contributed by atoms with Crippen molar-refractivity contribution in [2.24, 2.45) is 0 Å². The van der Waals surface area contributed by atoms with Crippen LogP contribution in [-0.4, -0.2) is 40.9 Å². The molecule has 0 saturated heterocycles. The lowest BCUT2D eigenvalue weighted by atomic mass is 9.92. The normalized spacial score (nSPS) is 19.3. The minimum absolute atomic E-state index is 0.00932. The average molecular weight is 396 g/mol. The third kappa shape index (κ3) is 4.38. The van der Waals surface area contributed by atoms with Crippen molar-refractivity contribution in [3.05, 3.63) is 35.8 Å². The number of halogens is 3. The van der Waals surface area contributed by atoms with Gasteiger partial charge in [0, 0.05) is 25.2 Å². The zero-order valence-corrected chi connectivity index (χ0v) is 15.4. The Bertz CT molecular complexity index is 806. The third-order valence-corrected chi connectivity index (χ3v) is 4.83. The fraction of sp³-hybridized carbons (Fsp3) is 0.444. The second kappa shape index (κ2) is 8.51. The monoisotopic (exact) mass is 396 g/mol. The molecule has 1 aliphatic carbocycles. The van der Waals surface area contributed by atoms with E-state index >= 15 is 0 Å². The van der Waals surface area contributed by atoms with Gasteiger partial charge in [-0.2, -0.15) is 4.98 Å². The first-order chi connectivity index (χ1) is 13.4. The maximum absolute atomic E-state index is 14.0. The summed E-state index contributed by atoms with van der Waals surface area (Å²) in [6.07, 6.45) is 3.62. The van der Waals surface area contributed by atoms with Gasteiger partial charge in [0.1, 0.15) is 11.5 Å². The summed E-state index contributed by atoms with van der Waals surface area (Å²) in [6.45, 7) is -0.00932. The van der Waals surface area contributed by atoms with E-state index in [0.29, 0.717) is 55.3 Å². The number of nitrogens with zero attached hydrogens (tertiary/aromatic N) is 3. The highest BCUT2D eigenvalue weighted by Gasteiger charge is 2.28. The van der Waals surface area contributed by atoms with Crippen LogP contribution in [0.25, 0.3) is 0 Å². The molecule has 0 bridgehead atoms. The maximum atomic E-state index is 14.0. The van der Waals surface area contributed by atoms with Crippen LogP contribution in [0.5, 0.6) is 0 Å². The molecule has 7 nitrogen and oxygen atoms in total. The highest BCUT2D eigenvalue weighted by Crippen LogP contribution is 2.30. The number of nitrogens with two attached hydrogens (primary N) is 1. The van der Waals surface area contributed by atoms with Crippen LogP contribution in [0, 0.1) is 17.5 Å². The molecule has 1 aliphatic rings. The molecule has 5 N–H and O–H groups in total. The summed E-state index contributed by atoms with van der Waals surface area (Å²) in [5.41, 5.74) is 5.94. The summed E-state index contributed by atoms with van der Waals surface area (Å²) in [5, 5.41) is 15.3. The van der Waals surface area contributed by atoms with Crippen molar-refractivity contribution in [3.63, 3.8) is 0 Å². The number of rotatable bonds is 6. The third-order valence-electron chi connectivity index (χ3n) is 4.83. The van der Waals surface area contributed by atoms with Crippen LogP contribution in [0.4, 0.5) is 36.3 Å². The van der Waals surface area contributed by atoms with Gasteiger partial charge < -0.3 is 26.4 Å². The van der Waals surface area contributed by atoms with Gasteiger partial charge in [0.05, 0.1) is 24.7 Å². The fourth-order valence-corrected chi connectivity index (χ4v) is 3.35. The number of benzene rings is 1. The van der Waals surface area contributed by atoms with Crippen LogP contribution in [0.15, 0.2) is 18.3 Å². The fourth-order valence-electron chi connectivity index (χ4n) is 3.35. The zero-order valence-electron chi connectivity index (χ0n) is 15.4. The number of nitrogen functional groups attached to an aromatic ring is 1. The van der Waals surface area contributed by atoms with Gasteiger partial charge in [0.2, 0.25) is 5.95 Å². The lowest BCUT2D eigenvalue weighted by molar-refractivity contribution is 0.122. The van der Waals surface area contributed by atoms with E-state index in [1.54, 1.807) is 11.9 Å². The average Bonchev–Trinajstić information content (AvgIpc) is 2.66. The Morgan fingerprint density at radius 1 is 1.18 bits per heavy atom. The number of anilines is 4. The molecule has 1 saturated carbocycles. The van der Waals surface area contributed by atoms with Crippen LogP contribution >= 0.6 is 0 Å². The predicted molar refractivity (Wildman–Crippen MR) is 102 cm³/mol. The summed E-state index contributed by atoms with van der Waals surface area (Å²) >= 11 is 0. The molecule has 2 aromatic rings. The topological polar surface area (TPSA) is 99.3 Å². The summed E-state index contributed by atoms with van der Waals surface area (Å²) < 4.78 is 41.2. The minimum Gasteiger partial charge on any atom is -0.394 e. The Kier molecular flexibility index (Phi) is 6.08. The van der Waals surface area contributed by atoms with E-state index in [2.05, 4.69) is 20.6 Å². The molecular weight excluding hydrogens is 373 g/mol. The Hall–Kier alpha value is -2.75. The Morgan fingerprint density at radius 3 is 2.43 bits per heavy atom. The van der Waals surface area contributed by atoms with Crippen LogP contribution in [0.3, 0.4) is 0 Å². The van der Waals surface area contributed by atoms with E-state index in [1.807, 2.05) is 0 Å². The van der Waals surface area contributed by atoms with Gasteiger partial charge in [-0.3, -0.25) is 0 Å². The van der Waals surface area contributed by atoms with Crippen LogP contribution in [-0.2, 0) is 0 Å². The summed E-state index contributed by atoms with van der Waals surface area (Å²) in [4.78, 5) is 10.2. The standard InChI is InChI=1S/C18H23F3N6O/c1-23-18-24-8-15(22)17(26-18)27(11-2-4-12(28)5-3-11)9-25-16-13(20)6-10(19)7-14(16)21/h6-8,11-12,25,28H,2-5,9,22H2,1H3,(H,23,24,26). The summed E-state index contributed by atoms with van der Waals surface area (Å²) in [6, 6.07) is 1.18. The SMILES string of the molecule is CNc1ncc(N)c(N(CNc2c(F)cc(F)cc2F)C2CCC(O)CC2)n1. The molecule has 0 unspecified atom stereocenters. The molecule has 152 valence electrons. The summed E-state index contributed by atoms with van der Waals surface area (Å²) in [7, 11) is 1.66. The van der Waals surface area contributed by atoms with Gasteiger partial charge in [0.15, 0.2) is 17.5 Å². The molecule has 1 aromatic carbocycles. The number of nitrogens with one attached hydrogen (secondary N) is 2. The maximum Gasteiger partial charge on any atom is 0.224 e. The Morgan fingerprint density at radius 2 is 1.82 bits per heavy atom. The number of aliphatic hydroxyl groups excluding tert-OH is 1. The number of aromatic nitrogens is 2. The zero-order chi connectivity index (χ0) is 20.3. The molecule has 0 amide bonds. The molecular formula is C18H23F3N6O. The highest BCUT2D eigenvalue weighted by molar-refractivity contribution is 5.64. The highest BCUT2D eigenvalue weighted by atomic mass is 19.1. The van der Waals surface area contributed by atoms with E-state index in [4.69, 9.17) is 5.73 Å². The van der Waals surface area contributed by atoms with Crippen molar-refractivity contribution in [3.8, 4) is 0 Å². The van der Waals surface area contributed by atoms with Gasteiger partial charge in [-0.25, -0.2) is 18.2 Å². The molecule has 0 spiro atoms. The van der Waals surface area contributed by atoms with Crippen molar-refractivity contribution in [2.75, 3.05) is 35.0 Å². The van der Waals surface area contributed by atoms with Gasteiger partial charge in [0.25, 0.3) is 0 Å². The first-order valence-electron chi connectivity index (χ1n) is 9.02. The van der Waals surface area contributed by atoms with Crippen molar-refractivity contribution in [1.29, 1.82) is 0 Å². The second-order valence-electron chi connectivity index (χ2n) is 6.73. The lowest BCUT2D eigenvalue weighted by Crippen LogP contribution is -2.43. The molecule has 0 aliphatic heterocycles. The number of hydrogen-bond donors (Lipinski definition) is 4. The largest absolute Gasteiger partial charge is 0.394 e. The van der Waals surface area contributed by atoms with E-state index in [1.165, 1.54) is 6.20 Å². The van der Waals surface area contributed by atoms with Crippen LogP contribution in [0.1, 0.15) is 25.7 Å². The molecule has 1 fully saturated rings. The van der Waals surface area contributed by atoms with Crippen molar-refractivity contribution in [2.45, 2.75) is 37.8 Å². The molecule has 3 rings (SSSR count). The van der Waals surface area contributed by atoms with E-state index in [-0.39, 0.29) is 18.8 Å². The van der Waals surface area contributed by atoms with Crippen molar-refractivity contribution < 1.29 is 18.3 Å². The summed E-state index contributed by atoms with van der Waals surface area (Å²) in [5.74, 6) is -2.27. The van der Waals surface area contributed by atoms with E-state index < -0.39 is 23.1 Å². The van der Waals surface area contributed by atoms with Gasteiger partial charge >= 0.3 is 0 Å².